The summed E-state index contributed by atoms with van der Waals surface area (Å²) >= 11 is 0. The summed E-state index contributed by atoms with van der Waals surface area (Å²) in [5.41, 5.74) is 6.40. The van der Waals surface area contributed by atoms with E-state index in [-0.39, 0.29) is 17.1 Å². The number of rotatable bonds is 6. The van der Waals surface area contributed by atoms with E-state index in [1.807, 2.05) is 31.2 Å². The van der Waals surface area contributed by atoms with Crippen LogP contribution in [0.25, 0.3) is 16.7 Å². The molecule has 1 N–H and O–H groups in total. The van der Waals surface area contributed by atoms with Crippen LogP contribution >= 0.6 is 0 Å². The second-order valence-electron chi connectivity index (χ2n) is 12.3. The van der Waals surface area contributed by atoms with Crippen molar-refractivity contribution in [2.45, 2.75) is 52.1 Å². The predicted molar refractivity (Wildman–Crippen MR) is 153 cm³/mol. The highest BCUT2D eigenvalue weighted by Crippen LogP contribution is 2.58. The highest BCUT2D eigenvalue weighted by Gasteiger charge is 2.63. The molecule has 2 aliphatic carbocycles. The second-order valence-corrected chi connectivity index (χ2v) is 12.3. The van der Waals surface area contributed by atoms with Gasteiger partial charge in [0.25, 0.3) is 5.91 Å². The minimum atomic E-state index is -0.832. The van der Waals surface area contributed by atoms with E-state index in [0.29, 0.717) is 36.4 Å². The van der Waals surface area contributed by atoms with Gasteiger partial charge in [-0.25, -0.2) is 4.39 Å². The van der Waals surface area contributed by atoms with Crippen LogP contribution in [-0.2, 0) is 16.8 Å². The molecule has 206 valence electrons. The van der Waals surface area contributed by atoms with E-state index in [4.69, 9.17) is 4.74 Å². The molecule has 0 radical (unpaired) electrons. The van der Waals surface area contributed by atoms with Crippen LogP contribution in [0.1, 0.15) is 65.7 Å². The molecule has 0 aromatic heterocycles. The summed E-state index contributed by atoms with van der Waals surface area (Å²) in [6.45, 7) is 7.12. The fraction of sp³-hybridized carbons (Fsp3) is 0.353. The topological polar surface area (TPSA) is 66.8 Å². The lowest BCUT2D eigenvalue weighted by Gasteiger charge is -2.33. The summed E-state index contributed by atoms with van der Waals surface area (Å²) in [4.78, 5) is 26.3. The van der Waals surface area contributed by atoms with Crippen LogP contribution in [0.5, 0.6) is 5.75 Å². The summed E-state index contributed by atoms with van der Waals surface area (Å²) in [5, 5.41) is 9.70. The quantitative estimate of drug-likeness (QED) is 0.366. The Morgan fingerprint density at radius 3 is 2.52 bits per heavy atom. The van der Waals surface area contributed by atoms with Gasteiger partial charge < -0.3 is 14.7 Å². The molecule has 1 amide bonds. The Balaban J connectivity index is 1.33. The zero-order valence-corrected chi connectivity index (χ0v) is 23.4. The molecular weight excluding hydrogens is 505 g/mol. The van der Waals surface area contributed by atoms with Crippen LogP contribution < -0.4 is 4.74 Å². The molecule has 3 aromatic carbocycles. The van der Waals surface area contributed by atoms with Crippen LogP contribution in [-0.4, -0.2) is 35.5 Å². The largest absolute Gasteiger partial charge is 0.489 e. The summed E-state index contributed by atoms with van der Waals surface area (Å²) in [7, 11) is 1.72. The van der Waals surface area contributed by atoms with Crippen LogP contribution in [0.4, 0.5) is 4.39 Å². The Bertz CT molecular complexity index is 1590. The Morgan fingerprint density at radius 2 is 1.82 bits per heavy atom. The van der Waals surface area contributed by atoms with Crippen molar-refractivity contribution in [3.8, 4) is 16.9 Å². The van der Waals surface area contributed by atoms with Gasteiger partial charge in [-0.1, -0.05) is 43.7 Å². The highest BCUT2D eigenvalue weighted by molar-refractivity contribution is 5.99. The van der Waals surface area contributed by atoms with E-state index in [0.717, 1.165) is 40.7 Å². The third kappa shape index (κ3) is 4.30. The predicted octanol–water partition coefficient (Wildman–Crippen LogP) is 7.01. The molecule has 3 aromatic rings. The van der Waals surface area contributed by atoms with Crippen molar-refractivity contribution in [3.05, 3.63) is 94.3 Å². The summed E-state index contributed by atoms with van der Waals surface area (Å²) in [6.07, 6.45) is 4.81. The summed E-state index contributed by atoms with van der Waals surface area (Å²) in [5.74, 6) is -1.07. The lowest BCUT2D eigenvalue weighted by molar-refractivity contribution is -0.139. The van der Waals surface area contributed by atoms with Crippen LogP contribution in [0.15, 0.2) is 60.7 Å². The zero-order valence-electron chi connectivity index (χ0n) is 23.4. The van der Waals surface area contributed by atoms with Gasteiger partial charge in [-0.2, -0.15) is 0 Å². The van der Waals surface area contributed by atoms with Gasteiger partial charge in [-0.3, -0.25) is 9.59 Å². The molecule has 0 bridgehead atoms. The first kappa shape index (κ1) is 26.3. The molecular formula is C34H34FNO4. The molecule has 6 heteroatoms. The zero-order chi connectivity index (χ0) is 28.4. The molecule has 1 saturated carbocycles. The van der Waals surface area contributed by atoms with Gasteiger partial charge in [0.1, 0.15) is 18.2 Å². The molecule has 40 heavy (non-hydrogen) atoms. The van der Waals surface area contributed by atoms with Crippen LogP contribution in [0.3, 0.4) is 0 Å². The Labute approximate surface area is 234 Å². The second kappa shape index (κ2) is 9.33. The SMILES string of the molecule is Cc1ccc(F)c(-c2ccc(COc3ccc4c(c3)[C@@]3(C[C@H]3C(=O)O)CN(C)C4=O)cc2C2=CCCC2(C)C)c1. The van der Waals surface area contributed by atoms with Crippen molar-refractivity contribution in [2.24, 2.45) is 11.3 Å². The first-order valence-corrected chi connectivity index (χ1v) is 13.9. The van der Waals surface area contributed by atoms with Gasteiger partial charge in [0.05, 0.1) is 5.92 Å². The number of hydrogen-bond acceptors (Lipinski definition) is 3. The Kier molecular flexibility index (Phi) is 6.13. The van der Waals surface area contributed by atoms with Gasteiger partial charge in [0, 0.05) is 30.1 Å². The number of halogens is 1. The molecule has 0 unspecified atom stereocenters. The number of carboxylic acid groups (broad SMARTS) is 1. The maximum atomic E-state index is 15.0. The van der Waals surface area contributed by atoms with E-state index in [2.05, 4.69) is 26.0 Å². The molecule has 1 heterocycles. The molecule has 3 aliphatic rings. The van der Waals surface area contributed by atoms with Gasteiger partial charge in [-0.15, -0.1) is 0 Å². The van der Waals surface area contributed by atoms with E-state index in [9.17, 15) is 14.7 Å². The summed E-state index contributed by atoms with van der Waals surface area (Å²) < 4.78 is 21.2. The Morgan fingerprint density at radius 1 is 1.05 bits per heavy atom. The smallest absolute Gasteiger partial charge is 0.307 e. The number of carboxylic acids is 1. The minimum Gasteiger partial charge on any atom is -0.489 e. The number of fused-ring (bicyclic) bond motifs is 2. The van der Waals surface area contributed by atoms with Gasteiger partial charge >= 0.3 is 5.97 Å². The fourth-order valence-electron chi connectivity index (χ4n) is 6.71. The van der Waals surface area contributed by atoms with Crippen molar-refractivity contribution < 1.29 is 23.8 Å². The number of benzene rings is 3. The van der Waals surface area contributed by atoms with E-state index in [1.54, 1.807) is 30.1 Å². The van der Waals surface area contributed by atoms with Crippen molar-refractivity contribution in [3.63, 3.8) is 0 Å². The molecule has 0 saturated heterocycles. The van der Waals surface area contributed by atoms with Gasteiger partial charge in [0.15, 0.2) is 0 Å². The minimum absolute atomic E-state index is 0.0218. The molecule has 2 atom stereocenters. The molecule has 1 aliphatic heterocycles. The number of aliphatic carboxylic acids is 1. The molecule has 6 rings (SSSR count). The number of allylic oxidation sites excluding steroid dienone is 2. The van der Waals surface area contributed by atoms with E-state index >= 15 is 4.39 Å². The average molecular weight is 540 g/mol. The number of carbonyl (C=O) groups is 2. The lowest BCUT2D eigenvalue weighted by Crippen LogP contribution is -2.42. The standard InChI is InChI=1S/C34H34FNO4/c1-20-7-12-30(35)26(14-20)23-10-8-21(15-25(23)27-6-5-13-33(27,2)3)18-40-22-9-11-24-28(16-22)34(17-29(34)32(38)39)19-36(4)31(24)37/h6-12,14-16,29H,5,13,17-19H2,1-4H3,(H,38,39)/t29-,34+/m0/s1. The van der Waals surface area contributed by atoms with Crippen LogP contribution in [0, 0.1) is 24.1 Å². The number of carbonyl (C=O) groups excluding carboxylic acids is 1. The lowest BCUT2D eigenvalue weighted by atomic mass is 9.79. The number of likely N-dealkylation sites (N-methyl/N-ethyl adjacent to an activating group) is 1. The van der Waals surface area contributed by atoms with Crippen molar-refractivity contribution in [1.82, 2.24) is 4.90 Å². The number of amides is 1. The number of hydrogen-bond donors (Lipinski definition) is 1. The monoisotopic (exact) mass is 539 g/mol. The van der Waals surface area contributed by atoms with Gasteiger partial charge in [-0.05, 0) is 95.8 Å². The number of ether oxygens (including phenoxy) is 1. The third-order valence-corrected chi connectivity index (χ3v) is 9.04. The van der Waals surface area contributed by atoms with Crippen molar-refractivity contribution in [2.75, 3.05) is 13.6 Å². The first-order chi connectivity index (χ1) is 19.0. The van der Waals surface area contributed by atoms with E-state index < -0.39 is 17.3 Å². The van der Waals surface area contributed by atoms with Crippen molar-refractivity contribution >= 4 is 17.4 Å². The highest BCUT2D eigenvalue weighted by atomic mass is 19.1. The van der Waals surface area contributed by atoms with Gasteiger partial charge in [0.2, 0.25) is 0 Å². The molecule has 1 spiro atoms. The van der Waals surface area contributed by atoms with Crippen LogP contribution in [0.2, 0.25) is 0 Å². The molecule has 1 fully saturated rings. The maximum absolute atomic E-state index is 15.0. The molecule has 5 nitrogen and oxygen atoms in total. The number of aryl methyl sites for hydroxylation is 1. The third-order valence-electron chi connectivity index (χ3n) is 9.04. The van der Waals surface area contributed by atoms with Crippen molar-refractivity contribution in [1.29, 1.82) is 0 Å². The number of nitrogens with zero attached hydrogens (tertiary/aromatic N) is 1. The average Bonchev–Trinajstić information content (AvgIpc) is 3.53. The van der Waals surface area contributed by atoms with E-state index in [1.165, 1.54) is 11.6 Å². The maximum Gasteiger partial charge on any atom is 0.307 e. The normalized spacial score (nSPS) is 22.7. The summed E-state index contributed by atoms with van der Waals surface area (Å²) in [6, 6.07) is 16.7. The first-order valence-electron chi connectivity index (χ1n) is 13.9. The Hall–Kier alpha value is -3.93. The fourth-order valence-corrected chi connectivity index (χ4v) is 6.71.